The number of ketones is 2. The minimum atomic E-state index is -0.477. The van der Waals surface area contributed by atoms with Crippen LogP contribution in [0.25, 0.3) is 0 Å². The molecule has 2 fully saturated rings. The maximum absolute atomic E-state index is 13.9. The summed E-state index contributed by atoms with van der Waals surface area (Å²) in [5.74, 6) is -0.319. The van der Waals surface area contributed by atoms with E-state index in [0.29, 0.717) is 48.3 Å². The van der Waals surface area contributed by atoms with Crippen LogP contribution in [0.1, 0.15) is 83.2 Å². The second kappa shape index (κ2) is 14.3. The Morgan fingerprint density at radius 3 is 1.50 bits per heavy atom. The van der Waals surface area contributed by atoms with Crippen molar-refractivity contribution in [1.82, 2.24) is 9.80 Å². The van der Waals surface area contributed by atoms with Gasteiger partial charge in [0.2, 0.25) is 11.6 Å². The summed E-state index contributed by atoms with van der Waals surface area (Å²) < 4.78 is 0. The zero-order valence-corrected chi connectivity index (χ0v) is 25.7. The molecule has 0 aromatic heterocycles. The fourth-order valence-corrected chi connectivity index (χ4v) is 7.45. The molecule has 5 rings (SSSR count). The summed E-state index contributed by atoms with van der Waals surface area (Å²) in [4.78, 5) is 32.7. The minimum Gasteiger partial charge on any atom is -0.507 e. The van der Waals surface area contributed by atoms with E-state index >= 15 is 0 Å². The number of fused-ring (bicyclic) bond motifs is 2. The van der Waals surface area contributed by atoms with Crippen molar-refractivity contribution in [3.63, 3.8) is 0 Å². The molecular formula is C32H42Cl2N4O4. The molecule has 2 unspecified atom stereocenters. The lowest BCUT2D eigenvalue weighted by Crippen LogP contribution is -2.42. The molecule has 4 N–H and O–H groups in total. The Morgan fingerprint density at radius 1 is 0.667 bits per heavy atom. The van der Waals surface area contributed by atoms with E-state index in [-0.39, 0.29) is 33.8 Å². The average Bonchev–Trinajstić information content (AvgIpc) is 2.99. The normalized spacial score (nSPS) is 21.2. The van der Waals surface area contributed by atoms with Gasteiger partial charge in [0.15, 0.2) is 0 Å². The van der Waals surface area contributed by atoms with Crippen LogP contribution in [0.2, 0.25) is 0 Å². The van der Waals surface area contributed by atoms with Gasteiger partial charge in [-0.15, -0.1) is 23.2 Å². The summed E-state index contributed by atoms with van der Waals surface area (Å²) in [5, 5.41) is 28.0. The van der Waals surface area contributed by atoms with Crippen LogP contribution >= 0.6 is 23.2 Å². The number of halogens is 2. The predicted octanol–water partition coefficient (Wildman–Crippen LogP) is 5.66. The summed E-state index contributed by atoms with van der Waals surface area (Å²) in [6.07, 6.45) is 8.92. The number of likely N-dealkylation sites (tertiary alicyclic amines) is 2. The minimum absolute atomic E-state index is 0.150. The second-order valence-electron chi connectivity index (χ2n) is 11.6. The molecule has 2 atom stereocenters. The molecule has 3 aliphatic rings. The zero-order chi connectivity index (χ0) is 29.6. The highest BCUT2D eigenvalue weighted by Gasteiger charge is 2.38. The van der Waals surface area contributed by atoms with Crippen LogP contribution in [0.3, 0.4) is 0 Å². The highest BCUT2D eigenvalue weighted by atomic mass is 35.5. The molecule has 228 valence electrons. The molecule has 2 aromatic rings. The highest BCUT2D eigenvalue weighted by Crippen LogP contribution is 2.42. The van der Waals surface area contributed by atoms with Gasteiger partial charge in [0.05, 0.1) is 22.3 Å². The Hall–Kier alpha value is -2.52. The molecule has 2 heterocycles. The van der Waals surface area contributed by atoms with Crippen LogP contribution in [0.15, 0.2) is 24.3 Å². The van der Waals surface area contributed by atoms with Gasteiger partial charge in [-0.3, -0.25) is 19.4 Å². The van der Waals surface area contributed by atoms with E-state index in [1.165, 1.54) is 25.0 Å². The first-order chi connectivity index (χ1) is 20.4. The number of carbonyl (C=O) groups excluding carboxylic acids is 2. The van der Waals surface area contributed by atoms with Gasteiger partial charge in [-0.25, -0.2) is 0 Å². The topological polar surface area (TPSA) is 105 Å². The maximum atomic E-state index is 13.9. The number of nitrogens with one attached hydrogen (secondary N) is 2. The molecule has 42 heavy (non-hydrogen) atoms. The van der Waals surface area contributed by atoms with E-state index < -0.39 is 11.6 Å². The van der Waals surface area contributed by atoms with E-state index in [1.54, 1.807) is 0 Å². The Bertz CT molecular complexity index is 1190. The Labute approximate surface area is 258 Å². The number of alkyl halides is 2. The maximum Gasteiger partial charge on any atom is 0.200 e. The third-order valence-electron chi connectivity index (χ3n) is 9.09. The van der Waals surface area contributed by atoms with Gasteiger partial charge in [-0.05, 0) is 75.9 Å². The van der Waals surface area contributed by atoms with Crippen molar-refractivity contribution in [3.05, 3.63) is 46.5 Å². The smallest absolute Gasteiger partial charge is 0.200 e. The fourth-order valence-electron chi connectivity index (χ4n) is 6.94. The monoisotopic (exact) mass is 616 g/mol. The molecule has 8 nitrogen and oxygen atoms in total. The summed E-state index contributed by atoms with van der Waals surface area (Å²) >= 11 is 12.1. The number of nitrogens with zero attached hydrogens (tertiary/aromatic N) is 2. The fraction of sp³-hybridized carbons (Fsp3) is 0.562. The Morgan fingerprint density at radius 2 is 1.10 bits per heavy atom. The van der Waals surface area contributed by atoms with Crippen LogP contribution in [-0.2, 0) is 0 Å². The molecule has 0 bridgehead atoms. The van der Waals surface area contributed by atoms with E-state index in [4.69, 9.17) is 23.2 Å². The Balaban J connectivity index is 1.39. The van der Waals surface area contributed by atoms with Gasteiger partial charge in [0.25, 0.3) is 0 Å². The van der Waals surface area contributed by atoms with Gasteiger partial charge in [0.1, 0.15) is 11.5 Å². The number of anilines is 2. The van der Waals surface area contributed by atoms with Gasteiger partial charge in [0, 0.05) is 61.4 Å². The summed E-state index contributed by atoms with van der Waals surface area (Å²) in [6.45, 7) is 4.81. The van der Waals surface area contributed by atoms with Gasteiger partial charge < -0.3 is 20.8 Å². The van der Waals surface area contributed by atoms with Gasteiger partial charge in [-0.1, -0.05) is 12.8 Å². The quantitative estimate of drug-likeness (QED) is 0.152. The molecule has 0 amide bonds. The van der Waals surface area contributed by atoms with E-state index in [2.05, 4.69) is 20.4 Å². The highest BCUT2D eigenvalue weighted by molar-refractivity contribution is 6.33. The first-order valence-electron chi connectivity index (χ1n) is 15.3. The van der Waals surface area contributed by atoms with Crippen LogP contribution in [-0.4, -0.2) is 94.7 Å². The third kappa shape index (κ3) is 6.52. The van der Waals surface area contributed by atoms with Crippen molar-refractivity contribution in [2.45, 2.75) is 63.5 Å². The molecule has 0 saturated carbocycles. The van der Waals surface area contributed by atoms with E-state index in [0.717, 1.165) is 64.7 Å². The second-order valence-corrected chi connectivity index (χ2v) is 12.4. The van der Waals surface area contributed by atoms with Crippen molar-refractivity contribution in [2.75, 3.05) is 61.7 Å². The van der Waals surface area contributed by atoms with Gasteiger partial charge in [-0.2, -0.15) is 0 Å². The Kier molecular flexibility index (Phi) is 10.5. The molecule has 2 saturated heterocycles. The number of benzene rings is 2. The van der Waals surface area contributed by atoms with Crippen molar-refractivity contribution >= 4 is 46.1 Å². The number of phenolic OH excluding ortho intramolecular Hbond substituents is 2. The molecular weight excluding hydrogens is 575 g/mol. The molecule has 1 aliphatic carbocycles. The SMILES string of the molecule is O=C1c2c(O)ccc(O)c2C(=O)c2c(NCCN3CCCCC3CCCl)ccc(NCCN3CCCCC3CCCl)c21. The first-order valence-corrected chi connectivity index (χ1v) is 16.4. The first kappa shape index (κ1) is 30.9. The standard InChI is InChI=1S/C32H42Cl2N4O4/c33-13-11-21-5-1-3-17-37(21)19-15-35-23-7-8-24(36-16-20-38-18-4-2-6-22(38)12-14-34)28-27(23)31(41)29-25(39)9-10-26(40)30(29)32(28)42/h7-10,21-22,35-36,39-40H,1-6,11-20H2. The number of phenols is 2. The largest absolute Gasteiger partial charge is 0.507 e. The summed E-state index contributed by atoms with van der Waals surface area (Å²) in [7, 11) is 0. The van der Waals surface area contributed by atoms with Crippen LogP contribution in [0.4, 0.5) is 11.4 Å². The summed E-state index contributed by atoms with van der Waals surface area (Å²) in [6, 6.07) is 7.09. The van der Waals surface area contributed by atoms with E-state index in [1.807, 2.05) is 12.1 Å². The predicted molar refractivity (Wildman–Crippen MR) is 169 cm³/mol. The number of carbonyl (C=O) groups is 2. The van der Waals surface area contributed by atoms with Crippen molar-refractivity contribution in [2.24, 2.45) is 0 Å². The van der Waals surface area contributed by atoms with Crippen LogP contribution in [0.5, 0.6) is 11.5 Å². The number of rotatable bonds is 12. The van der Waals surface area contributed by atoms with Gasteiger partial charge >= 0.3 is 0 Å². The van der Waals surface area contributed by atoms with Crippen molar-refractivity contribution < 1.29 is 19.8 Å². The molecule has 2 aromatic carbocycles. The third-order valence-corrected chi connectivity index (χ3v) is 9.52. The number of piperidine rings is 2. The molecule has 0 spiro atoms. The van der Waals surface area contributed by atoms with Crippen LogP contribution in [0, 0.1) is 0 Å². The lowest BCUT2D eigenvalue weighted by atomic mass is 9.81. The number of aromatic hydroxyl groups is 2. The summed E-state index contributed by atoms with van der Waals surface area (Å²) in [5.41, 5.74) is 1.25. The van der Waals surface area contributed by atoms with Crippen LogP contribution < -0.4 is 10.6 Å². The van der Waals surface area contributed by atoms with Crippen molar-refractivity contribution in [1.29, 1.82) is 0 Å². The zero-order valence-electron chi connectivity index (χ0n) is 24.1. The lowest BCUT2D eigenvalue weighted by Gasteiger charge is -2.36. The number of hydrogen-bond acceptors (Lipinski definition) is 8. The number of hydrogen-bond donors (Lipinski definition) is 4. The van der Waals surface area contributed by atoms with Crippen molar-refractivity contribution in [3.8, 4) is 11.5 Å². The average molecular weight is 618 g/mol. The molecule has 0 radical (unpaired) electrons. The molecule has 10 heteroatoms. The lowest BCUT2D eigenvalue weighted by molar-refractivity contribution is 0.0975. The molecule has 2 aliphatic heterocycles. The van der Waals surface area contributed by atoms with E-state index in [9.17, 15) is 19.8 Å².